The quantitative estimate of drug-likeness (QED) is 0.666. The summed E-state index contributed by atoms with van der Waals surface area (Å²) in [4.78, 5) is 47.8. The molecule has 0 aromatic heterocycles. The molecule has 4 atom stereocenters. The van der Waals surface area contributed by atoms with Crippen molar-refractivity contribution in [3.8, 4) is 0 Å². The van der Waals surface area contributed by atoms with E-state index < -0.39 is 29.7 Å². The molecule has 2 aliphatic carbocycles. The van der Waals surface area contributed by atoms with Crippen LogP contribution >= 0.6 is 0 Å². The minimum atomic E-state index is -1.28. The van der Waals surface area contributed by atoms with E-state index in [9.17, 15) is 19.3 Å². The number of hydrogen-bond acceptors (Lipinski definition) is 5. The lowest BCUT2D eigenvalue weighted by molar-refractivity contribution is -0.402. The summed E-state index contributed by atoms with van der Waals surface area (Å²) in [6.45, 7) is -0.110. The van der Waals surface area contributed by atoms with Crippen molar-refractivity contribution in [1.29, 1.82) is 0 Å². The number of carbonyl (C=O) groups is 3. The Labute approximate surface area is 138 Å². The zero-order valence-electron chi connectivity index (χ0n) is 12.8. The van der Waals surface area contributed by atoms with Gasteiger partial charge >= 0.3 is 12.0 Å². The summed E-state index contributed by atoms with van der Waals surface area (Å²) >= 11 is 0. The van der Waals surface area contributed by atoms with Gasteiger partial charge in [-0.25, -0.2) is 4.79 Å². The van der Waals surface area contributed by atoms with Crippen molar-refractivity contribution in [2.45, 2.75) is 13.0 Å². The standard InChI is InChI=1S/C17H16N2O5/c18-15(20)13-11-6-7-12(8-11)14(13)16(21)19(23)17(22)24-9-10-4-2-1-3-5-10/h1-7,11-14H,8-9H2,(H-,18,20)/p+1. The number of amides is 3. The van der Waals surface area contributed by atoms with Gasteiger partial charge in [-0.05, 0) is 23.8 Å². The molecule has 2 bridgehead atoms. The van der Waals surface area contributed by atoms with Gasteiger partial charge in [0, 0.05) is 4.91 Å². The molecule has 2 N–H and O–H groups in total. The highest BCUT2D eigenvalue weighted by molar-refractivity contribution is 5.88. The van der Waals surface area contributed by atoms with E-state index in [0.717, 1.165) is 0 Å². The number of primary amides is 1. The molecule has 7 nitrogen and oxygen atoms in total. The molecule has 7 heteroatoms. The molecule has 2 aliphatic rings. The van der Waals surface area contributed by atoms with Gasteiger partial charge in [0.15, 0.2) is 4.76 Å². The Morgan fingerprint density at radius 3 is 2.33 bits per heavy atom. The maximum atomic E-state index is 12.4. The fourth-order valence-electron chi connectivity index (χ4n) is 3.55. The Morgan fingerprint density at radius 1 is 1.08 bits per heavy atom. The SMILES string of the molecule is NC(=O)C1C2C=CC(C2)C1C(=O)[N+](=O)C(=O)OCc1ccccc1. The summed E-state index contributed by atoms with van der Waals surface area (Å²) < 4.78 is 4.57. The van der Waals surface area contributed by atoms with Gasteiger partial charge in [0.25, 0.3) is 0 Å². The molecule has 0 aliphatic heterocycles. The van der Waals surface area contributed by atoms with Crippen molar-refractivity contribution >= 4 is 17.9 Å². The Balaban J connectivity index is 1.66. The second-order valence-corrected chi connectivity index (χ2v) is 6.08. The summed E-state index contributed by atoms with van der Waals surface area (Å²) in [7, 11) is 0. The second-order valence-electron chi connectivity index (χ2n) is 6.08. The van der Waals surface area contributed by atoms with Crippen LogP contribution in [0.3, 0.4) is 0 Å². The summed E-state index contributed by atoms with van der Waals surface area (Å²) in [5.74, 6) is -3.61. The van der Waals surface area contributed by atoms with Crippen LogP contribution in [0.1, 0.15) is 12.0 Å². The van der Waals surface area contributed by atoms with Crippen LogP contribution in [0.25, 0.3) is 0 Å². The predicted octanol–water partition coefficient (Wildman–Crippen LogP) is 1.55. The topological polar surface area (TPSA) is 107 Å². The number of nitrogens with zero attached hydrogens (tertiary/aromatic N) is 1. The number of imide groups is 1. The van der Waals surface area contributed by atoms with Gasteiger partial charge in [0.2, 0.25) is 5.91 Å². The van der Waals surface area contributed by atoms with Crippen LogP contribution in [0.4, 0.5) is 4.79 Å². The lowest BCUT2D eigenvalue weighted by atomic mass is 9.82. The number of fused-ring (bicyclic) bond motifs is 2. The highest BCUT2D eigenvalue weighted by atomic mass is 16.6. The van der Waals surface area contributed by atoms with E-state index in [0.29, 0.717) is 12.0 Å². The van der Waals surface area contributed by atoms with E-state index in [4.69, 9.17) is 10.5 Å². The number of rotatable bonds is 4. The fourth-order valence-corrected chi connectivity index (χ4v) is 3.55. The van der Waals surface area contributed by atoms with E-state index in [-0.39, 0.29) is 23.2 Å². The number of ether oxygens (including phenoxy) is 1. The molecule has 1 aromatic rings. The monoisotopic (exact) mass is 329 g/mol. The molecule has 0 radical (unpaired) electrons. The van der Waals surface area contributed by atoms with Gasteiger partial charge in [-0.1, -0.05) is 42.5 Å². The summed E-state index contributed by atoms with van der Waals surface area (Å²) in [6.07, 6.45) is 2.96. The van der Waals surface area contributed by atoms with Gasteiger partial charge < -0.3 is 10.5 Å². The summed E-state index contributed by atoms with van der Waals surface area (Å²) in [6, 6.07) is 8.80. The number of allylic oxidation sites excluding steroid dienone is 2. The number of benzene rings is 1. The van der Waals surface area contributed by atoms with Crippen LogP contribution in [-0.4, -0.2) is 22.7 Å². The number of nitrogens with two attached hydrogens (primary N) is 1. The molecule has 4 unspecified atom stereocenters. The molecule has 3 rings (SSSR count). The first-order valence-corrected chi connectivity index (χ1v) is 7.68. The molecular formula is C17H17N2O5+. The van der Waals surface area contributed by atoms with Gasteiger partial charge in [-0.2, -0.15) is 4.79 Å². The van der Waals surface area contributed by atoms with Crippen LogP contribution < -0.4 is 5.73 Å². The lowest BCUT2D eigenvalue weighted by Gasteiger charge is -2.19. The van der Waals surface area contributed by atoms with Crippen molar-refractivity contribution in [3.05, 3.63) is 53.0 Å². The second kappa shape index (κ2) is 6.35. The molecular weight excluding hydrogens is 312 g/mol. The Morgan fingerprint density at radius 2 is 1.71 bits per heavy atom. The molecule has 124 valence electrons. The van der Waals surface area contributed by atoms with E-state index in [1.807, 2.05) is 6.08 Å². The average molecular weight is 329 g/mol. The molecule has 1 fully saturated rings. The van der Waals surface area contributed by atoms with Gasteiger partial charge in [0.1, 0.15) is 12.5 Å². The molecule has 1 saturated carbocycles. The van der Waals surface area contributed by atoms with Crippen molar-refractivity contribution in [1.82, 2.24) is 0 Å². The number of hydrogen-bond donors (Lipinski definition) is 1. The van der Waals surface area contributed by atoms with Crippen molar-refractivity contribution in [2.75, 3.05) is 0 Å². The normalized spacial score (nSPS) is 27.0. The largest absolute Gasteiger partial charge is 0.654 e. The van der Waals surface area contributed by atoms with Crippen molar-refractivity contribution < 1.29 is 23.9 Å². The van der Waals surface area contributed by atoms with Gasteiger partial charge in [0.05, 0.1) is 5.92 Å². The number of nitroso groups, excluding NO2 is 1. The highest BCUT2D eigenvalue weighted by Gasteiger charge is 2.57. The first-order chi connectivity index (χ1) is 11.5. The first kappa shape index (κ1) is 16.0. The minimum Gasteiger partial charge on any atom is -0.403 e. The van der Waals surface area contributed by atoms with Crippen LogP contribution in [0.5, 0.6) is 0 Å². The molecule has 3 amide bonds. The zero-order chi connectivity index (χ0) is 17.3. The van der Waals surface area contributed by atoms with E-state index in [2.05, 4.69) is 0 Å². The van der Waals surface area contributed by atoms with E-state index in [1.54, 1.807) is 36.4 Å². The minimum absolute atomic E-state index is 0.110. The third kappa shape index (κ3) is 2.84. The Bertz CT molecular complexity index is 728. The Hall–Kier alpha value is -2.83. The highest BCUT2D eigenvalue weighted by Crippen LogP contribution is 2.48. The van der Waals surface area contributed by atoms with Crippen molar-refractivity contribution in [2.24, 2.45) is 29.4 Å². The number of carbonyl (C=O) groups excluding carboxylic acids is 3. The summed E-state index contributed by atoms with van der Waals surface area (Å²) in [5, 5.41) is 0. The molecule has 0 saturated heterocycles. The predicted molar refractivity (Wildman–Crippen MR) is 82.2 cm³/mol. The Kier molecular flexibility index (Phi) is 4.24. The maximum absolute atomic E-state index is 12.4. The third-order valence-corrected chi connectivity index (χ3v) is 4.64. The van der Waals surface area contributed by atoms with E-state index in [1.165, 1.54) is 0 Å². The smallest absolute Gasteiger partial charge is 0.403 e. The third-order valence-electron chi connectivity index (χ3n) is 4.64. The average Bonchev–Trinajstić information content (AvgIpc) is 3.20. The first-order valence-electron chi connectivity index (χ1n) is 7.68. The molecule has 1 aromatic carbocycles. The van der Waals surface area contributed by atoms with Gasteiger partial charge in [-0.3, -0.25) is 4.79 Å². The van der Waals surface area contributed by atoms with Crippen LogP contribution in [-0.2, 0) is 20.9 Å². The fraction of sp³-hybridized carbons (Fsp3) is 0.353. The van der Waals surface area contributed by atoms with Crippen LogP contribution in [0.2, 0.25) is 0 Å². The lowest BCUT2D eigenvalue weighted by Crippen LogP contribution is -2.42. The van der Waals surface area contributed by atoms with Crippen LogP contribution in [0, 0.1) is 28.6 Å². The van der Waals surface area contributed by atoms with Gasteiger partial charge in [-0.15, -0.1) is 0 Å². The van der Waals surface area contributed by atoms with Crippen molar-refractivity contribution in [3.63, 3.8) is 0 Å². The molecule has 24 heavy (non-hydrogen) atoms. The summed E-state index contributed by atoms with van der Waals surface area (Å²) in [5.41, 5.74) is 6.06. The zero-order valence-corrected chi connectivity index (χ0v) is 12.8. The maximum Gasteiger partial charge on any atom is 0.654 e. The molecule has 0 spiro atoms. The van der Waals surface area contributed by atoms with Crippen LogP contribution in [0.15, 0.2) is 42.5 Å². The van der Waals surface area contributed by atoms with E-state index >= 15 is 0 Å². The molecule has 0 heterocycles.